The largest absolute Gasteiger partial charge is 0.493 e. The molecule has 0 bridgehead atoms. The maximum atomic E-state index is 6.13. The average molecular weight is 316 g/mol. The lowest BCUT2D eigenvalue weighted by molar-refractivity contribution is 0.356. The molecule has 0 aliphatic heterocycles. The highest BCUT2D eigenvalue weighted by atomic mass is 35.5. The number of hydrogen-bond donors (Lipinski definition) is 1. The highest BCUT2D eigenvalue weighted by Gasteiger charge is 2.09. The molecule has 3 rings (SSSR count). The van der Waals surface area contributed by atoms with E-state index >= 15 is 0 Å². The van der Waals surface area contributed by atoms with Gasteiger partial charge in [-0.05, 0) is 18.2 Å². The molecule has 1 aromatic heterocycles. The summed E-state index contributed by atoms with van der Waals surface area (Å²) < 4.78 is 10.6. The van der Waals surface area contributed by atoms with Gasteiger partial charge in [0.15, 0.2) is 11.5 Å². The van der Waals surface area contributed by atoms with Crippen LogP contribution in [0, 0.1) is 0 Å². The number of nitrogens with zero attached hydrogens (tertiary/aromatic N) is 2. The van der Waals surface area contributed by atoms with E-state index < -0.39 is 0 Å². The lowest BCUT2D eigenvalue weighted by atomic mass is 10.2. The Kier molecular flexibility index (Phi) is 3.98. The van der Waals surface area contributed by atoms with Crippen LogP contribution in [0.15, 0.2) is 42.6 Å². The Bertz CT molecular complexity index is 824. The number of rotatable bonds is 4. The molecule has 112 valence electrons. The second kappa shape index (κ2) is 6.07. The maximum absolute atomic E-state index is 6.13. The Morgan fingerprint density at radius 3 is 2.50 bits per heavy atom. The molecule has 0 saturated carbocycles. The number of aromatic nitrogens is 2. The second-order valence-corrected chi connectivity index (χ2v) is 4.97. The van der Waals surface area contributed by atoms with Gasteiger partial charge in [-0.15, -0.1) is 0 Å². The van der Waals surface area contributed by atoms with Crippen LogP contribution in [0.25, 0.3) is 10.9 Å². The predicted octanol–water partition coefficient (Wildman–Crippen LogP) is 4.04. The van der Waals surface area contributed by atoms with E-state index in [4.69, 9.17) is 21.1 Å². The molecule has 2 aromatic carbocycles. The first kappa shape index (κ1) is 14.4. The average Bonchev–Trinajstić information content (AvgIpc) is 2.55. The molecule has 1 N–H and O–H groups in total. The number of methoxy groups -OCH3 is 2. The van der Waals surface area contributed by atoms with E-state index in [0.29, 0.717) is 22.5 Å². The Hall–Kier alpha value is -2.53. The summed E-state index contributed by atoms with van der Waals surface area (Å²) >= 11 is 6.13. The SMILES string of the molecule is COc1cc2cnc(Nc3ccccc3Cl)nc2cc1OC. The van der Waals surface area contributed by atoms with Gasteiger partial charge in [-0.3, -0.25) is 0 Å². The number of fused-ring (bicyclic) bond motifs is 1. The Morgan fingerprint density at radius 1 is 1.05 bits per heavy atom. The molecular formula is C16H14ClN3O2. The quantitative estimate of drug-likeness (QED) is 0.787. The Balaban J connectivity index is 2.00. The van der Waals surface area contributed by atoms with E-state index in [1.165, 1.54) is 0 Å². The summed E-state index contributed by atoms with van der Waals surface area (Å²) in [7, 11) is 3.19. The predicted molar refractivity (Wildman–Crippen MR) is 87.4 cm³/mol. The zero-order valence-corrected chi connectivity index (χ0v) is 12.9. The summed E-state index contributed by atoms with van der Waals surface area (Å²) in [6.07, 6.45) is 1.73. The van der Waals surface area contributed by atoms with Crippen molar-refractivity contribution in [3.05, 3.63) is 47.6 Å². The summed E-state index contributed by atoms with van der Waals surface area (Å²) in [4.78, 5) is 8.78. The molecule has 22 heavy (non-hydrogen) atoms. The topological polar surface area (TPSA) is 56.3 Å². The molecule has 0 fully saturated rings. The second-order valence-electron chi connectivity index (χ2n) is 4.56. The minimum Gasteiger partial charge on any atom is -0.493 e. The third-order valence-corrected chi connectivity index (χ3v) is 3.54. The first-order chi connectivity index (χ1) is 10.7. The van der Waals surface area contributed by atoms with Crippen molar-refractivity contribution in [1.82, 2.24) is 9.97 Å². The smallest absolute Gasteiger partial charge is 0.227 e. The van der Waals surface area contributed by atoms with Gasteiger partial charge in [0.2, 0.25) is 5.95 Å². The Labute approximate surface area is 132 Å². The zero-order valence-electron chi connectivity index (χ0n) is 12.1. The highest BCUT2D eigenvalue weighted by Crippen LogP contribution is 2.32. The number of anilines is 2. The van der Waals surface area contributed by atoms with Gasteiger partial charge in [-0.2, -0.15) is 0 Å². The molecule has 3 aromatic rings. The number of benzene rings is 2. The Morgan fingerprint density at radius 2 is 1.77 bits per heavy atom. The van der Waals surface area contributed by atoms with Crippen LogP contribution in [0.2, 0.25) is 5.02 Å². The summed E-state index contributed by atoms with van der Waals surface area (Å²) in [5, 5.41) is 4.58. The fraction of sp³-hybridized carbons (Fsp3) is 0.125. The molecule has 0 amide bonds. The van der Waals surface area contributed by atoms with Crippen molar-refractivity contribution >= 4 is 34.1 Å². The van der Waals surface area contributed by atoms with E-state index in [-0.39, 0.29) is 0 Å². The van der Waals surface area contributed by atoms with Gasteiger partial charge in [0, 0.05) is 17.6 Å². The molecule has 0 unspecified atom stereocenters. The lowest BCUT2D eigenvalue weighted by Gasteiger charge is -2.10. The van der Waals surface area contributed by atoms with Crippen LogP contribution < -0.4 is 14.8 Å². The molecule has 0 saturated heterocycles. The van der Waals surface area contributed by atoms with Crippen LogP contribution in [-0.2, 0) is 0 Å². The van der Waals surface area contributed by atoms with Crippen LogP contribution in [-0.4, -0.2) is 24.2 Å². The number of halogens is 1. The molecule has 1 heterocycles. The van der Waals surface area contributed by atoms with Gasteiger partial charge in [-0.25, -0.2) is 9.97 Å². The van der Waals surface area contributed by atoms with Crippen LogP contribution in [0.3, 0.4) is 0 Å². The van der Waals surface area contributed by atoms with E-state index in [1.54, 1.807) is 26.5 Å². The van der Waals surface area contributed by atoms with E-state index in [1.807, 2.05) is 30.3 Å². The highest BCUT2D eigenvalue weighted by molar-refractivity contribution is 6.33. The minimum atomic E-state index is 0.466. The van der Waals surface area contributed by atoms with Crippen molar-refractivity contribution in [1.29, 1.82) is 0 Å². The summed E-state index contributed by atoms with van der Waals surface area (Å²) in [5.74, 6) is 1.73. The number of para-hydroxylation sites is 1. The molecule has 0 aliphatic carbocycles. The van der Waals surface area contributed by atoms with Crippen molar-refractivity contribution in [3.8, 4) is 11.5 Å². The van der Waals surface area contributed by atoms with Crippen molar-refractivity contribution in [2.24, 2.45) is 0 Å². The van der Waals surface area contributed by atoms with Gasteiger partial charge >= 0.3 is 0 Å². The van der Waals surface area contributed by atoms with E-state index in [0.717, 1.165) is 16.6 Å². The molecular weight excluding hydrogens is 302 g/mol. The van der Waals surface area contributed by atoms with Crippen LogP contribution in [0.1, 0.15) is 0 Å². The molecule has 0 atom stereocenters. The zero-order chi connectivity index (χ0) is 15.5. The maximum Gasteiger partial charge on any atom is 0.227 e. The standard InChI is InChI=1S/C16H14ClN3O2/c1-21-14-7-10-9-18-16(20-13(10)8-15(14)22-2)19-12-6-4-3-5-11(12)17/h3-9H,1-2H3,(H,18,19,20). The van der Waals surface area contributed by atoms with E-state index in [2.05, 4.69) is 15.3 Å². The molecule has 0 aliphatic rings. The fourth-order valence-corrected chi connectivity index (χ4v) is 2.28. The number of nitrogens with one attached hydrogen (secondary N) is 1. The van der Waals surface area contributed by atoms with Gasteiger partial charge in [-0.1, -0.05) is 23.7 Å². The number of ether oxygens (including phenoxy) is 2. The third-order valence-electron chi connectivity index (χ3n) is 3.21. The third kappa shape index (κ3) is 2.76. The normalized spacial score (nSPS) is 10.5. The van der Waals surface area contributed by atoms with E-state index in [9.17, 15) is 0 Å². The molecule has 5 nitrogen and oxygen atoms in total. The van der Waals surface area contributed by atoms with Gasteiger partial charge in [0.1, 0.15) is 0 Å². The van der Waals surface area contributed by atoms with Gasteiger partial charge in [0.05, 0.1) is 30.4 Å². The summed E-state index contributed by atoms with van der Waals surface area (Å²) in [5.41, 5.74) is 1.51. The van der Waals surface area contributed by atoms with Gasteiger partial charge in [0.25, 0.3) is 0 Å². The molecule has 6 heteroatoms. The number of hydrogen-bond acceptors (Lipinski definition) is 5. The molecule has 0 spiro atoms. The first-order valence-electron chi connectivity index (χ1n) is 6.61. The van der Waals surface area contributed by atoms with Crippen LogP contribution in [0.4, 0.5) is 11.6 Å². The summed E-state index contributed by atoms with van der Waals surface area (Å²) in [6, 6.07) is 11.1. The minimum absolute atomic E-state index is 0.466. The molecule has 0 radical (unpaired) electrons. The van der Waals surface area contributed by atoms with Crippen molar-refractivity contribution in [2.75, 3.05) is 19.5 Å². The van der Waals surface area contributed by atoms with Crippen molar-refractivity contribution in [3.63, 3.8) is 0 Å². The van der Waals surface area contributed by atoms with Gasteiger partial charge < -0.3 is 14.8 Å². The van der Waals surface area contributed by atoms with Crippen LogP contribution in [0.5, 0.6) is 11.5 Å². The van der Waals surface area contributed by atoms with Crippen LogP contribution >= 0.6 is 11.6 Å². The first-order valence-corrected chi connectivity index (χ1v) is 6.99. The summed E-state index contributed by atoms with van der Waals surface area (Å²) in [6.45, 7) is 0. The lowest BCUT2D eigenvalue weighted by Crippen LogP contribution is -1.98. The monoisotopic (exact) mass is 315 g/mol. The van der Waals surface area contributed by atoms with Crippen molar-refractivity contribution in [2.45, 2.75) is 0 Å². The fourth-order valence-electron chi connectivity index (χ4n) is 2.10. The van der Waals surface area contributed by atoms with Crippen molar-refractivity contribution < 1.29 is 9.47 Å².